The van der Waals surface area contributed by atoms with Crippen molar-refractivity contribution in [3.8, 4) is 5.75 Å². The predicted molar refractivity (Wildman–Crippen MR) is 78.7 cm³/mol. The normalized spacial score (nSPS) is 12.8. The number of ether oxygens (including phenoxy) is 1. The quantitative estimate of drug-likeness (QED) is 0.658. The number of nitrogens with one attached hydrogen (secondary N) is 2. The third-order valence-corrected chi connectivity index (χ3v) is 2.97. The van der Waals surface area contributed by atoms with Crippen LogP contribution < -0.4 is 15.4 Å². The fourth-order valence-electron chi connectivity index (χ4n) is 1.74. The van der Waals surface area contributed by atoms with Gasteiger partial charge in [-0.1, -0.05) is 18.2 Å². The van der Waals surface area contributed by atoms with Gasteiger partial charge in [-0.25, -0.2) is 0 Å². The van der Waals surface area contributed by atoms with Crippen molar-refractivity contribution in [3.63, 3.8) is 0 Å². The van der Waals surface area contributed by atoms with E-state index in [0.717, 1.165) is 5.75 Å². The van der Waals surface area contributed by atoms with Crippen LogP contribution in [0.1, 0.15) is 13.8 Å². The lowest BCUT2D eigenvalue weighted by Gasteiger charge is -2.23. The summed E-state index contributed by atoms with van der Waals surface area (Å²) in [6, 6.07) is 9.35. The molecule has 0 fully saturated rings. The summed E-state index contributed by atoms with van der Waals surface area (Å²) in [6.45, 7) is 4.80. The zero-order valence-corrected chi connectivity index (χ0v) is 12.3. The number of carbonyl (C=O) groups excluding carboxylic acids is 1. The van der Waals surface area contributed by atoms with E-state index < -0.39 is 11.5 Å². The van der Waals surface area contributed by atoms with Crippen LogP contribution in [-0.4, -0.2) is 43.9 Å². The Labute approximate surface area is 120 Å². The molecular formula is C15H24N2O3. The van der Waals surface area contributed by atoms with E-state index in [4.69, 9.17) is 4.74 Å². The van der Waals surface area contributed by atoms with Crippen LogP contribution in [0, 0.1) is 5.41 Å². The molecule has 0 aromatic heterocycles. The molecule has 0 aliphatic heterocycles. The summed E-state index contributed by atoms with van der Waals surface area (Å²) in [5.41, 5.74) is -0.505. The molecule has 112 valence electrons. The first-order valence-corrected chi connectivity index (χ1v) is 6.74. The number of rotatable bonds is 8. The van der Waals surface area contributed by atoms with E-state index in [1.165, 1.54) is 0 Å². The van der Waals surface area contributed by atoms with E-state index in [0.29, 0.717) is 13.1 Å². The smallest absolute Gasteiger partial charge is 0.226 e. The Morgan fingerprint density at radius 2 is 2.00 bits per heavy atom. The highest BCUT2D eigenvalue weighted by molar-refractivity contribution is 5.81. The zero-order chi connectivity index (χ0) is 15.0. The molecule has 3 N–H and O–H groups in total. The summed E-state index contributed by atoms with van der Waals surface area (Å²) < 4.78 is 5.45. The Balaban J connectivity index is 2.23. The van der Waals surface area contributed by atoms with Crippen molar-refractivity contribution in [2.24, 2.45) is 5.41 Å². The second-order valence-corrected chi connectivity index (χ2v) is 5.37. The molecule has 1 aromatic rings. The lowest BCUT2D eigenvalue weighted by Crippen LogP contribution is -2.44. The Kier molecular flexibility index (Phi) is 6.48. The number of hydrogen-bond donors (Lipinski definition) is 3. The third-order valence-electron chi connectivity index (χ3n) is 2.97. The Hall–Kier alpha value is -1.59. The van der Waals surface area contributed by atoms with Crippen molar-refractivity contribution in [3.05, 3.63) is 30.3 Å². The number of para-hydroxylation sites is 1. The van der Waals surface area contributed by atoms with Gasteiger partial charge in [0.05, 0.1) is 5.41 Å². The molecule has 0 bridgehead atoms. The average Bonchev–Trinajstić information content (AvgIpc) is 2.45. The minimum absolute atomic E-state index is 0.0278. The maximum absolute atomic E-state index is 11.6. The number of benzene rings is 1. The number of carbonyl (C=O) groups is 1. The highest BCUT2D eigenvalue weighted by Gasteiger charge is 2.26. The Bertz CT molecular complexity index is 407. The summed E-state index contributed by atoms with van der Waals surface area (Å²) in [6.07, 6.45) is -0.615. The largest absolute Gasteiger partial charge is 0.491 e. The first kappa shape index (κ1) is 16.5. The Morgan fingerprint density at radius 3 is 2.60 bits per heavy atom. The first-order valence-electron chi connectivity index (χ1n) is 6.74. The molecule has 1 amide bonds. The molecule has 1 aromatic carbocycles. The summed E-state index contributed by atoms with van der Waals surface area (Å²) in [4.78, 5) is 11.6. The standard InChI is InChI=1S/C15H24N2O3/c1-15(2,14(19)16-3)11-17-9-12(18)10-20-13-7-5-4-6-8-13/h4-8,12,17-18H,9-11H2,1-3H3,(H,16,19). The molecule has 1 atom stereocenters. The zero-order valence-electron chi connectivity index (χ0n) is 12.3. The fourth-order valence-corrected chi connectivity index (χ4v) is 1.74. The van der Waals surface area contributed by atoms with E-state index in [9.17, 15) is 9.90 Å². The topological polar surface area (TPSA) is 70.6 Å². The molecule has 5 heteroatoms. The van der Waals surface area contributed by atoms with Crippen molar-refractivity contribution in [2.75, 3.05) is 26.7 Å². The van der Waals surface area contributed by atoms with Gasteiger partial charge in [0, 0.05) is 20.1 Å². The van der Waals surface area contributed by atoms with E-state index in [1.807, 2.05) is 44.2 Å². The molecular weight excluding hydrogens is 256 g/mol. The van der Waals surface area contributed by atoms with Gasteiger partial charge in [-0.15, -0.1) is 0 Å². The van der Waals surface area contributed by atoms with Crippen LogP contribution in [0.4, 0.5) is 0 Å². The summed E-state index contributed by atoms with van der Waals surface area (Å²) >= 11 is 0. The Morgan fingerprint density at radius 1 is 1.35 bits per heavy atom. The van der Waals surface area contributed by atoms with Gasteiger partial charge < -0.3 is 20.5 Å². The van der Waals surface area contributed by atoms with Crippen molar-refractivity contribution in [1.82, 2.24) is 10.6 Å². The maximum atomic E-state index is 11.6. The van der Waals surface area contributed by atoms with Gasteiger partial charge in [-0.05, 0) is 26.0 Å². The first-order chi connectivity index (χ1) is 9.45. The van der Waals surface area contributed by atoms with Crippen LogP contribution in [0.5, 0.6) is 5.75 Å². The van der Waals surface area contributed by atoms with Gasteiger partial charge in [-0.2, -0.15) is 0 Å². The van der Waals surface area contributed by atoms with Gasteiger partial charge in [-0.3, -0.25) is 4.79 Å². The minimum atomic E-state index is -0.615. The number of aliphatic hydroxyl groups is 1. The highest BCUT2D eigenvalue weighted by atomic mass is 16.5. The fraction of sp³-hybridized carbons (Fsp3) is 0.533. The lowest BCUT2D eigenvalue weighted by molar-refractivity contribution is -0.128. The summed E-state index contributed by atoms with van der Waals surface area (Å²) in [7, 11) is 1.62. The van der Waals surface area contributed by atoms with Crippen molar-refractivity contribution < 1.29 is 14.6 Å². The summed E-state index contributed by atoms with van der Waals surface area (Å²) in [5.74, 6) is 0.706. The van der Waals surface area contributed by atoms with Crippen molar-refractivity contribution >= 4 is 5.91 Å². The molecule has 5 nitrogen and oxygen atoms in total. The lowest BCUT2D eigenvalue weighted by atomic mass is 9.92. The molecule has 20 heavy (non-hydrogen) atoms. The van der Waals surface area contributed by atoms with E-state index in [2.05, 4.69) is 10.6 Å². The SMILES string of the molecule is CNC(=O)C(C)(C)CNCC(O)COc1ccccc1. The van der Waals surface area contributed by atoms with Gasteiger partial charge in [0.2, 0.25) is 5.91 Å². The highest BCUT2D eigenvalue weighted by Crippen LogP contribution is 2.13. The van der Waals surface area contributed by atoms with Crippen LogP contribution in [0.15, 0.2) is 30.3 Å². The third kappa shape index (κ3) is 5.59. The van der Waals surface area contributed by atoms with Crippen LogP contribution in [0.3, 0.4) is 0 Å². The molecule has 1 unspecified atom stereocenters. The molecule has 0 spiro atoms. The van der Waals surface area contributed by atoms with E-state index in [-0.39, 0.29) is 12.5 Å². The molecule has 0 saturated carbocycles. The number of aliphatic hydroxyl groups excluding tert-OH is 1. The van der Waals surface area contributed by atoms with Crippen LogP contribution in [0.25, 0.3) is 0 Å². The van der Waals surface area contributed by atoms with Crippen LogP contribution in [-0.2, 0) is 4.79 Å². The maximum Gasteiger partial charge on any atom is 0.226 e. The predicted octanol–water partition coefficient (Wildman–Crippen LogP) is 0.788. The van der Waals surface area contributed by atoms with Crippen molar-refractivity contribution in [1.29, 1.82) is 0 Å². The van der Waals surface area contributed by atoms with Gasteiger partial charge in [0.15, 0.2) is 0 Å². The minimum Gasteiger partial charge on any atom is -0.491 e. The van der Waals surface area contributed by atoms with Crippen LogP contribution >= 0.6 is 0 Å². The molecule has 0 saturated heterocycles. The number of amides is 1. The second-order valence-electron chi connectivity index (χ2n) is 5.37. The van der Waals surface area contributed by atoms with E-state index >= 15 is 0 Å². The van der Waals surface area contributed by atoms with E-state index in [1.54, 1.807) is 7.05 Å². The molecule has 0 radical (unpaired) electrons. The number of hydrogen-bond acceptors (Lipinski definition) is 4. The monoisotopic (exact) mass is 280 g/mol. The molecule has 0 heterocycles. The molecule has 0 aliphatic rings. The summed E-state index contributed by atoms with van der Waals surface area (Å²) in [5, 5.41) is 15.5. The van der Waals surface area contributed by atoms with Gasteiger partial charge >= 0.3 is 0 Å². The molecule has 1 rings (SSSR count). The van der Waals surface area contributed by atoms with Gasteiger partial charge in [0.1, 0.15) is 18.5 Å². The average molecular weight is 280 g/mol. The molecule has 0 aliphatic carbocycles. The van der Waals surface area contributed by atoms with Gasteiger partial charge in [0.25, 0.3) is 0 Å². The second kappa shape index (κ2) is 7.87. The van der Waals surface area contributed by atoms with Crippen molar-refractivity contribution in [2.45, 2.75) is 20.0 Å². The van der Waals surface area contributed by atoms with Crippen LogP contribution in [0.2, 0.25) is 0 Å².